The van der Waals surface area contributed by atoms with Gasteiger partial charge in [0.05, 0.1) is 7.11 Å². The van der Waals surface area contributed by atoms with Crippen LogP contribution in [0.5, 0.6) is 5.75 Å². The lowest BCUT2D eigenvalue weighted by Crippen LogP contribution is -2.51. The van der Waals surface area contributed by atoms with E-state index in [0.717, 1.165) is 31.8 Å². The monoisotopic (exact) mass is 298 g/mol. The van der Waals surface area contributed by atoms with Crippen molar-refractivity contribution in [1.82, 2.24) is 10.2 Å². The molecule has 1 aliphatic heterocycles. The fraction of sp³-hybridized carbons (Fsp3) is 0.474. The number of benzene rings is 2. The summed E-state index contributed by atoms with van der Waals surface area (Å²) in [5.41, 5.74) is 1.34. The molecule has 22 heavy (non-hydrogen) atoms. The Bertz CT molecular complexity index is 640. The predicted molar refractivity (Wildman–Crippen MR) is 92.6 cm³/mol. The predicted octanol–water partition coefficient (Wildman–Crippen LogP) is 3.59. The second-order valence-corrected chi connectivity index (χ2v) is 6.12. The Hall–Kier alpha value is -1.58. The third kappa shape index (κ3) is 2.71. The molecule has 118 valence electrons. The maximum atomic E-state index is 5.72. The Labute approximate surface area is 133 Å². The topological polar surface area (TPSA) is 24.5 Å². The Balaban J connectivity index is 2.12. The molecule has 2 aromatic rings. The molecule has 1 saturated heterocycles. The number of methoxy groups -OCH3 is 1. The molecule has 0 radical (unpaired) electrons. The maximum Gasteiger partial charge on any atom is 0.124 e. The standard InChI is InChI=1S/C19H26N2O/c1-4-17(21-12-11-20-13-14(21)2)19-16-8-6-5-7-15(16)9-10-18(19)22-3/h5-10,14,17,20H,4,11-13H2,1-3H3. The van der Waals surface area contributed by atoms with Crippen LogP contribution in [0, 0.1) is 0 Å². The highest BCUT2D eigenvalue weighted by atomic mass is 16.5. The Morgan fingerprint density at radius 3 is 2.82 bits per heavy atom. The van der Waals surface area contributed by atoms with Gasteiger partial charge in [0.25, 0.3) is 0 Å². The number of ether oxygens (including phenoxy) is 1. The molecule has 2 unspecified atom stereocenters. The number of nitrogens with one attached hydrogen (secondary N) is 1. The minimum absolute atomic E-state index is 0.401. The van der Waals surface area contributed by atoms with Gasteiger partial charge in [-0.3, -0.25) is 4.90 Å². The van der Waals surface area contributed by atoms with Crippen molar-refractivity contribution in [3.63, 3.8) is 0 Å². The minimum Gasteiger partial charge on any atom is -0.496 e. The maximum absolute atomic E-state index is 5.72. The highest BCUT2D eigenvalue weighted by Crippen LogP contribution is 2.38. The van der Waals surface area contributed by atoms with Crippen molar-refractivity contribution in [3.8, 4) is 5.75 Å². The van der Waals surface area contributed by atoms with Gasteiger partial charge in [-0.1, -0.05) is 37.3 Å². The SMILES string of the molecule is CCC(c1c(OC)ccc2ccccc12)N1CCNCC1C. The fourth-order valence-electron chi connectivity index (χ4n) is 3.72. The van der Waals surface area contributed by atoms with Crippen molar-refractivity contribution in [2.75, 3.05) is 26.7 Å². The van der Waals surface area contributed by atoms with Crippen LogP contribution in [0.1, 0.15) is 31.9 Å². The van der Waals surface area contributed by atoms with Crippen LogP contribution >= 0.6 is 0 Å². The first-order valence-corrected chi connectivity index (χ1v) is 8.28. The Kier molecular flexibility index (Phi) is 4.65. The van der Waals surface area contributed by atoms with Crippen molar-refractivity contribution in [1.29, 1.82) is 0 Å². The van der Waals surface area contributed by atoms with Gasteiger partial charge in [-0.15, -0.1) is 0 Å². The van der Waals surface area contributed by atoms with Crippen molar-refractivity contribution >= 4 is 10.8 Å². The van der Waals surface area contributed by atoms with Crippen LogP contribution in [0.3, 0.4) is 0 Å². The van der Waals surface area contributed by atoms with E-state index in [0.29, 0.717) is 12.1 Å². The van der Waals surface area contributed by atoms with Crippen molar-refractivity contribution in [2.45, 2.75) is 32.4 Å². The molecule has 0 aliphatic carbocycles. The molecule has 1 aliphatic rings. The lowest BCUT2D eigenvalue weighted by atomic mass is 9.93. The van der Waals surface area contributed by atoms with Gasteiger partial charge < -0.3 is 10.1 Å². The van der Waals surface area contributed by atoms with Crippen LogP contribution < -0.4 is 10.1 Å². The molecule has 0 amide bonds. The second kappa shape index (κ2) is 6.67. The van der Waals surface area contributed by atoms with Gasteiger partial charge >= 0.3 is 0 Å². The lowest BCUT2D eigenvalue weighted by Gasteiger charge is -2.40. The smallest absolute Gasteiger partial charge is 0.124 e. The average Bonchev–Trinajstić information content (AvgIpc) is 2.57. The summed E-state index contributed by atoms with van der Waals surface area (Å²) in [6.07, 6.45) is 1.09. The largest absolute Gasteiger partial charge is 0.496 e. The Morgan fingerprint density at radius 1 is 1.27 bits per heavy atom. The van der Waals surface area contributed by atoms with E-state index in [-0.39, 0.29) is 0 Å². The summed E-state index contributed by atoms with van der Waals surface area (Å²) in [6, 6.07) is 13.9. The summed E-state index contributed by atoms with van der Waals surface area (Å²) >= 11 is 0. The fourth-order valence-corrected chi connectivity index (χ4v) is 3.72. The van der Waals surface area contributed by atoms with Crippen LogP contribution in [-0.2, 0) is 0 Å². The number of nitrogens with zero attached hydrogens (tertiary/aromatic N) is 1. The number of rotatable bonds is 4. The highest BCUT2D eigenvalue weighted by Gasteiger charge is 2.29. The molecule has 0 spiro atoms. The first kappa shape index (κ1) is 15.3. The van der Waals surface area contributed by atoms with E-state index in [1.807, 2.05) is 0 Å². The summed E-state index contributed by atoms with van der Waals surface area (Å²) in [7, 11) is 1.78. The number of hydrogen-bond acceptors (Lipinski definition) is 3. The number of fused-ring (bicyclic) bond motifs is 1. The van der Waals surface area contributed by atoms with Gasteiger partial charge in [-0.25, -0.2) is 0 Å². The molecule has 0 saturated carbocycles. The molecule has 2 atom stereocenters. The first-order valence-electron chi connectivity index (χ1n) is 8.28. The minimum atomic E-state index is 0.401. The summed E-state index contributed by atoms with van der Waals surface area (Å²) in [4.78, 5) is 2.63. The molecular weight excluding hydrogens is 272 g/mol. The van der Waals surface area contributed by atoms with Crippen LogP contribution in [0.15, 0.2) is 36.4 Å². The third-order valence-corrected chi connectivity index (χ3v) is 4.82. The van der Waals surface area contributed by atoms with Gasteiger partial charge in [0, 0.05) is 37.3 Å². The second-order valence-electron chi connectivity index (χ2n) is 6.12. The molecule has 0 bridgehead atoms. The van der Waals surface area contributed by atoms with E-state index in [2.05, 4.69) is 60.5 Å². The van der Waals surface area contributed by atoms with E-state index in [1.165, 1.54) is 16.3 Å². The molecule has 3 rings (SSSR count). The zero-order valence-corrected chi connectivity index (χ0v) is 13.8. The average molecular weight is 298 g/mol. The third-order valence-electron chi connectivity index (χ3n) is 4.82. The zero-order chi connectivity index (χ0) is 15.5. The van der Waals surface area contributed by atoms with Crippen LogP contribution in [-0.4, -0.2) is 37.7 Å². The van der Waals surface area contributed by atoms with Crippen LogP contribution in [0.4, 0.5) is 0 Å². The molecule has 0 aromatic heterocycles. The van der Waals surface area contributed by atoms with E-state index >= 15 is 0 Å². The molecule has 3 nitrogen and oxygen atoms in total. The van der Waals surface area contributed by atoms with Crippen LogP contribution in [0.25, 0.3) is 10.8 Å². The first-order chi connectivity index (χ1) is 10.8. The summed E-state index contributed by atoms with van der Waals surface area (Å²) in [6.45, 7) is 7.80. The zero-order valence-electron chi connectivity index (χ0n) is 13.8. The van der Waals surface area contributed by atoms with Crippen molar-refractivity contribution in [2.24, 2.45) is 0 Å². The molecule has 1 heterocycles. The van der Waals surface area contributed by atoms with Crippen molar-refractivity contribution < 1.29 is 4.74 Å². The normalized spacial score (nSPS) is 21.0. The summed E-state index contributed by atoms with van der Waals surface area (Å²) < 4.78 is 5.72. The van der Waals surface area contributed by atoms with E-state index in [1.54, 1.807) is 7.11 Å². The van der Waals surface area contributed by atoms with Gasteiger partial charge in [0.2, 0.25) is 0 Å². The van der Waals surface area contributed by atoms with Crippen LogP contribution in [0.2, 0.25) is 0 Å². The van der Waals surface area contributed by atoms with Gasteiger partial charge in [-0.2, -0.15) is 0 Å². The molecule has 2 aromatic carbocycles. The van der Waals surface area contributed by atoms with Gasteiger partial charge in [0.1, 0.15) is 5.75 Å². The van der Waals surface area contributed by atoms with E-state index < -0.39 is 0 Å². The number of piperazine rings is 1. The highest BCUT2D eigenvalue weighted by molar-refractivity contribution is 5.88. The number of hydrogen-bond donors (Lipinski definition) is 1. The molecule has 3 heteroatoms. The van der Waals surface area contributed by atoms with E-state index in [4.69, 9.17) is 4.74 Å². The van der Waals surface area contributed by atoms with Crippen molar-refractivity contribution in [3.05, 3.63) is 42.0 Å². The quantitative estimate of drug-likeness (QED) is 0.933. The lowest BCUT2D eigenvalue weighted by molar-refractivity contribution is 0.112. The summed E-state index contributed by atoms with van der Waals surface area (Å²) in [5.74, 6) is 1.01. The summed E-state index contributed by atoms with van der Waals surface area (Å²) in [5, 5.41) is 6.10. The molecular formula is C19H26N2O. The van der Waals surface area contributed by atoms with E-state index in [9.17, 15) is 0 Å². The van der Waals surface area contributed by atoms with Gasteiger partial charge in [0.15, 0.2) is 0 Å². The molecule has 1 fully saturated rings. The Morgan fingerprint density at radius 2 is 2.09 bits per heavy atom. The molecule has 1 N–H and O–H groups in total. The van der Waals surface area contributed by atoms with Gasteiger partial charge in [-0.05, 0) is 30.2 Å².